The molecule has 196 valence electrons. The van der Waals surface area contributed by atoms with Crippen LogP contribution in [0.25, 0.3) is 21.9 Å². The van der Waals surface area contributed by atoms with E-state index in [0.29, 0.717) is 11.3 Å². The summed E-state index contributed by atoms with van der Waals surface area (Å²) >= 11 is 0. The number of carbonyl (C=O) groups is 3. The first kappa shape index (κ1) is 26.9. The van der Waals surface area contributed by atoms with Gasteiger partial charge in [0.2, 0.25) is 11.6 Å². The van der Waals surface area contributed by atoms with Gasteiger partial charge in [0.05, 0.1) is 5.56 Å². The van der Waals surface area contributed by atoms with Crippen LogP contribution in [0, 0.1) is 11.6 Å². The SMILES string of the molecule is C=C(C)C(=O)Oc1ccc2cc(-c3ccc(C(=O)Oc4ccc(OC(=O)C(=C)C)c(F)c4F)cc3)ccc2c1. The zero-order valence-corrected chi connectivity index (χ0v) is 21.0. The van der Waals surface area contributed by atoms with Crippen molar-refractivity contribution in [1.82, 2.24) is 0 Å². The van der Waals surface area contributed by atoms with Gasteiger partial charge in [-0.15, -0.1) is 0 Å². The molecule has 0 N–H and O–H groups in total. The Morgan fingerprint density at radius 2 is 1.13 bits per heavy atom. The molecule has 0 spiro atoms. The average molecular weight is 529 g/mol. The lowest BCUT2D eigenvalue weighted by molar-refractivity contribution is -0.131. The van der Waals surface area contributed by atoms with Gasteiger partial charge >= 0.3 is 17.9 Å². The summed E-state index contributed by atoms with van der Waals surface area (Å²) in [5, 5.41) is 1.77. The van der Waals surface area contributed by atoms with E-state index in [2.05, 4.69) is 13.2 Å². The molecule has 0 unspecified atom stereocenters. The number of halogens is 2. The number of esters is 3. The van der Waals surface area contributed by atoms with Crippen molar-refractivity contribution in [3.05, 3.63) is 114 Å². The first-order chi connectivity index (χ1) is 18.5. The molecule has 8 heteroatoms. The van der Waals surface area contributed by atoms with Crippen LogP contribution in [0.4, 0.5) is 8.78 Å². The lowest BCUT2D eigenvalue weighted by atomic mass is 10.00. The number of carbonyl (C=O) groups excluding carboxylic acids is 3. The van der Waals surface area contributed by atoms with Gasteiger partial charge in [-0.25, -0.2) is 14.4 Å². The Bertz CT molecular complexity index is 1650. The summed E-state index contributed by atoms with van der Waals surface area (Å²) in [7, 11) is 0. The predicted molar refractivity (Wildman–Crippen MR) is 142 cm³/mol. The van der Waals surface area contributed by atoms with E-state index >= 15 is 0 Å². The molecule has 0 aromatic heterocycles. The highest BCUT2D eigenvalue weighted by Gasteiger charge is 2.21. The van der Waals surface area contributed by atoms with E-state index in [0.717, 1.165) is 34.0 Å². The summed E-state index contributed by atoms with van der Waals surface area (Å²) in [6, 6.07) is 19.3. The Morgan fingerprint density at radius 1 is 0.615 bits per heavy atom. The summed E-state index contributed by atoms with van der Waals surface area (Å²) in [5.74, 6) is -6.16. The van der Waals surface area contributed by atoms with Crippen LogP contribution in [0.15, 0.2) is 97.1 Å². The number of rotatable bonds is 7. The Hall–Kier alpha value is -5.11. The van der Waals surface area contributed by atoms with E-state index in [1.807, 2.05) is 24.3 Å². The van der Waals surface area contributed by atoms with Gasteiger partial charge in [-0.1, -0.05) is 43.5 Å². The van der Waals surface area contributed by atoms with Gasteiger partial charge in [0, 0.05) is 11.1 Å². The third-order valence-electron chi connectivity index (χ3n) is 5.59. The van der Waals surface area contributed by atoms with Gasteiger partial charge in [0.1, 0.15) is 5.75 Å². The molecule has 39 heavy (non-hydrogen) atoms. The molecule has 0 saturated carbocycles. The van der Waals surface area contributed by atoms with Crippen LogP contribution < -0.4 is 14.2 Å². The highest BCUT2D eigenvalue weighted by Crippen LogP contribution is 2.30. The number of ether oxygens (including phenoxy) is 3. The first-order valence-electron chi connectivity index (χ1n) is 11.6. The van der Waals surface area contributed by atoms with Gasteiger partial charge < -0.3 is 14.2 Å². The number of fused-ring (bicyclic) bond motifs is 1. The third kappa shape index (κ3) is 6.07. The molecule has 0 fully saturated rings. The quantitative estimate of drug-likeness (QED) is 0.147. The molecule has 0 atom stereocenters. The highest BCUT2D eigenvalue weighted by atomic mass is 19.2. The normalized spacial score (nSPS) is 10.6. The van der Waals surface area contributed by atoms with Crippen LogP contribution >= 0.6 is 0 Å². The van der Waals surface area contributed by atoms with Crippen LogP contribution in [-0.4, -0.2) is 17.9 Å². The Labute approximate surface area is 222 Å². The second-order valence-corrected chi connectivity index (χ2v) is 8.72. The van der Waals surface area contributed by atoms with Gasteiger partial charge in [-0.2, -0.15) is 8.78 Å². The van der Waals surface area contributed by atoms with E-state index in [1.165, 1.54) is 19.1 Å². The fourth-order valence-corrected chi connectivity index (χ4v) is 3.48. The van der Waals surface area contributed by atoms with Gasteiger partial charge in [-0.05, 0) is 78.2 Å². The molecule has 4 rings (SSSR count). The summed E-state index contributed by atoms with van der Waals surface area (Å²) in [4.78, 5) is 35.9. The molecule has 0 amide bonds. The van der Waals surface area contributed by atoms with Crippen LogP contribution in [-0.2, 0) is 9.59 Å². The van der Waals surface area contributed by atoms with Crippen molar-refractivity contribution in [3.63, 3.8) is 0 Å². The molecular formula is C31H22F2O6. The van der Waals surface area contributed by atoms with E-state index in [9.17, 15) is 23.2 Å². The second-order valence-electron chi connectivity index (χ2n) is 8.72. The Balaban J connectivity index is 1.48. The van der Waals surface area contributed by atoms with Crippen LogP contribution in [0.3, 0.4) is 0 Å². The maximum absolute atomic E-state index is 14.4. The van der Waals surface area contributed by atoms with Gasteiger partial charge in [0.15, 0.2) is 11.5 Å². The lowest BCUT2D eigenvalue weighted by Crippen LogP contribution is -2.12. The molecular weight excluding hydrogens is 506 g/mol. The number of benzene rings is 4. The Morgan fingerprint density at radius 3 is 1.74 bits per heavy atom. The van der Waals surface area contributed by atoms with Gasteiger partial charge in [0.25, 0.3) is 0 Å². The molecule has 4 aromatic carbocycles. The smallest absolute Gasteiger partial charge is 0.343 e. The van der Waals surface area contributed by atoms with E-state index < -0.39 is 41.0 Å². The number of hydrogen-bond donors (Lipinski definition) is 0. The maximum Gasteiger partial charge on any atom is 0.343 e. The zero-order valence-electron chi connectivity index (χ0n) is 21.0. The average Bonchev–Trinajstić information content (AvgIpc) is 2.92. The molecule has 0 aliphatic carbocycles. The van der Waals surface area contributed by atoms with Crippen molar-refractivity contribution >= 4 is 28.7 Å². The zero-order chi connectivity index (χ0) is 28.3. The van der Waals surface area contributed by atoms with Crippen molar-refractivity contribution in [2.45, 2.75) is 13.8 Å². The minimum atomic E-state index is -1.47. The maximum atomic E-state index is 14.4. The van der Waals surface area contributed by atoms with Crippen molar-refractivity contribution in [2.75, 3.05) is 0 Å². The molecule has 0 radical (unpaired) electrons. The molecule has 0 saturated heterocycles. The monoisotopic (exact) mass is 528 g/mol. The molecule has 0 heterocycles. The van der Waals surface area contributed by atoms with E-state index in [4.69, 9.17) is 14.2 Å². The first-order valence-corrected chi connectivity index (χ1v) is 11.6. The summed E-state index contributed by atoms with van der Waals surface area (Å²) in [5.41, 5.74) is 2.08. The molecule has 0 aliphatic rings. The van der Waals surface area contributed by atoms with Crippen LogP contribution in [0.5, 0.6) is 17.2 Å². The third-order valence-corrected chi connectivity index (χ3v) is 5.59. The van der Waals surface area contributed by atoms with Crippen molar-refractivity contribution in [1.29, 1.82) is 0 Å². The van der Waals surface area contributed by atoms with Crippen LogP contribution in [0.1, 0.15) is 24.2 Å². The topological polar surface area (TPSA) is 78.9 Å². The molecule has 0 aliphatic heterocycles. The summed E-state index contributed by atoms with van der Waals surface area (Å²) < 4.78 is 43.8. The standard InChI is InChI=1S/C31H22F2O6/c1-17(2)29(34)37-24-12-11-22-15-21(9-10-23(22)16-24)19-5-7-20(8-6-19)31(36)39-26-14-13-25(27(32)28(26)33)38-30(35)18(3)4/h5-16H,1,3H2,2,4H3. The fraction of sp³-hybridized carbons (Fsp3) is 0.0645. The lowest BCUT2D eigenvalue weighted by Gasteiger charge is -2.10. The summed E-state index contributed by atoms with van der Waals surface area (Å²) in [6.45, 7) is 9.87. The molecule has 6 nitrogen and oxygen atoms in total. The Kier molecular flexibility index (Phi) is 7.67. The van der Waals surface area contributed by atoms with Gasteiger partial charge in [-0.3, -0.25) is 0 Å². The minimum Gasteiger partial charge on any atom is -0.423 e. The molecule has 0 bridgehead atoms. The number of hydrogen-bond acceptors (Lipinski definition) is 6. The fourth-order valence-electron chi connectivity index (χ4n) is 3.48. The van der Waals surface area contributed by atoms with E-state index in [1.54, 1.807) is 31.2 Å². The van der Waals surface area contributed by atoms with Crippen LogP contribution in [0.2, 0.25) is 0 Å². The predicted octanol–water partition coefficient (Wildman–Crippen LogP) is 6.97. The molecule has 4 aromatic rings. The summed E-state index contributed by atoms with van der Waals surface area (Å²) in [6.07, 6.45) is 0. The minimum absolute atomic E-state index is 0.00759. The second kappa shape index (κ2) is 11.1. The van der Waals surface area contributed by atoms with Crippen molar-refractivity contribution < 1.29 is 37.4 Å². The van der Waals surface area contributed by atoms with Crippen molar-refractivity contribution in [3.8, 4) is 28.4 Å². The largest absolute Gasteiger partial charge is 0.423 e. The van der Waals surface area contributed by atoms with E-state index in [-0.39, 0.29) is 11.1 Å². The highest BCUT2D eigenvalue weighted by molar-refractivity contribution is 5.93. The van der Waals surface area contributed by atoms with Crippen molar-refractivity contribution in [2.24, 2.45) is 0 Å².